The molecule has 1 aliphatic rings. The molecular weight excluding hydrogens is 210 g/mol. The summed E-state index contributed by atoms with van der Waals surface area (Å²) in [6, 6.07) is 0. The maximum atomic E-state index is 5.66. The molecule has 3 heteroatoms. The second kappa shape index (κ2) is 6.72. The Morgan fingerprint density at radius 2 is 2.13 bits per heavy atom. The molecule has 0 aliphatic carbocycles. The molecule has 0 amide bonds. The standard InChI is InChI=1S/C12H24ClNO/c1-12(15-2)7-6-10-14(11-12)9-5-3-4-8-13/h3-11H2,1-2H3. The highest BCUT2D eigenvalue weighted by Crippen LogP contribution is 2.23. The first-order valence-electron chi connectivity index (χ1n) is 6.04. The smallest absolute Gasteiger partial charge is 0.0777 e. The average Bonchev–Trinajstić information content (AvgIpc) is 2.25. The minimum Gasteiger partial charge on any atom is -0.377 e. The van der Waals surface area contributed by atoms with E-state index in [9.17, 15) is 0 Å². The third-order valence-electron chi connectivity index (χ3n) is 3.34. The number of alkyl halides is 1. The quantitative estimate of drug-likeness (QED) is 0.517. The summed E-state index contributed by atoms with van der Waals surface area (Å²) in [6.45, 7) is 5.75. The van der Waals surface area contributed by atoms with Crippen LogP contribution in [0.15, 0.2) is 0 Å². The van der Waals surface area contributed by atoms with Gasteiger partial charge in [0, 0.05) is 19.5 Å². The van der Waals surface area contributed by atoms with Crippen LogP contribution in [0.5, 0.6) is 0 Å². The Labute approximate surface area is 98.9 Å². The van der Waals surface area contributed by atoms with Gasteiger partial charge in [-0.15, -0.1) is 11.6 Å². The fraction of sp³-hybridized carbons (Fsp3) is 1.00. The number of unbranched alkanes of at least 4 members (excludes halogenated alkanes) is 2. The van der Waals surface area contributed by atoms with Crippen LogP contribution in [-0.2, 0) is 4.74 Å². The van der Waals surface area contributed by atoms with E-state index >= 15 is 0 Å². The number of piperidine rings is 1. The Morgan fingerprint density at radius 1 is 1.33 bits per heavy atom. The molecule has 90 valence electrons. The van der Waals surface area contributed by atoms with Gasteiger partial charge in [0.1, 0.15) is 0 Å². The fourth-order valence-electron chi connectivity index (χ4n) is 2.27. The molecule has 1 fully saturated rings. The lowest BCUT2D eigenvalue weighted by Gasteiger charge is -2.39. The average molecular weight is 234 g/mol. The minimum absolute atomic E-state index is 0.0880. The summed E-state index contributed by atoms with van der Waals surface area (Å²) >= 11 is 5.66. The number of hydrogen-bond acceptors (Lipinski definition) is 2. The van der Waals surface area contributed by atoms with Crippen LogP contribution in [-0.4, -0.2) is 43.1 Å². The first-order chi connectivity index (χ1) is 7.20. The van der Waals surface area contributed by atoms with Crippen molar-refractivity contribution < 1.29 is 4.74 Å². The first-order valence-corrected chi connectivity index (χ1v) is 6.57. The molecule has 1 atom stereocenters. The third-order valence-corrected chi connectivity index (χ3v) is 3.61. The molecule has 2 nitrogen and oxygen atoms in total. The van der Waals surface area contributed by atoms with Crippen LogP contribution in [0, 0.1) is 0 Å². The van der Waals surface area contributed by atoms with Crippen molar-refractivity contribution in [3.8, 4) is 0 Å². The van der Waals surface area contributed by atoms with Crippen molar-refractivity contribution in [1.82, 2.24) is 4.90 Å². The van der Waals surface area contributed by atoms with Gasteiger partial charge in [-0.25, -0.2) is 0 Å². The molecule has 1 saturated heterocycles. The van der Waals surface area contributed by atoms with E-state index in [2.05, 4.69) is 11.8 Å². The summed E-state index contributed by atoms with van der Waals surface area (Å²) in [5.41, 5.74) is 0.0880. The van der Waals surface area contributed by atoms with Crippen molar-refractivity contribution in [3.63, 3.8) is 0 Å². The van der Waals surface area contributed by atoms with Crippen molar-refractivity contribution in [1.29, 1.82) is 0 Å². The van der Waals surface area contributed by atoms with Crippen molar-refractivity contribution in [2.75, 3.05) is 32.6 Å². The maximum Gasteiger partial charge on any atom is 0.0777 e. The van der Waals surface area contributed by atoms with Gasteiger partial charge in [0.2, 0.25) is 0 Å². The molecule has 1 heterocycles. The van der Waals surface area contributed by atoms with Crippen LogP contribution in [0.3, 0.4) is 0 Å². The molecule has 0 N–H and O–H groups in total. The highest BCUT2D eigenvalue weighted by Gasteiger charge is 2.30. The van der Waals surface area contributed by atoms with Crippen LogP contribution in [0.2, 0.25) is 0 Å². The van der Waals surface area contributed by atoms with E-state index in [1.54, 1.807) is 0 Å². The maximum absolute atomic E-state index is 5.66. The van der Waals surface area contributed by atoms with Crippen molar-refractivity contribution in [3.05, 3.63) is 0 Å². The number of halogens is 1. The van der Waals surface area contributed by atoms with Crippen molar-refractivity contribution in [2.45, 2.75) is 44.6 Å². The number of methoxy groups -OCH3 is 1. The molecule has 0 radical (unpaired) electrons. The zero-order chi connectivity index (χ0) is 11.1. The van der Waals surface area contributed by atoms with Crippen molar-refractivity contribution >= 4 is 11.6 Å². The SMILES string of the molecule is COC1(C)CCCN(CCCCCCl)C1. The Morgan fingerprint density at radius 3 is 2.80 bits per heavy atom. The number of likely N-dealkylation sites (tertiary alicyclic amines) is 1. The molecular formula is C12H24ClNO. The van der Waals surface area contributed by atoms with Crippen LogP contribution in [0.1, 0.15) is 39.0 Å². The number of rotatable bonds is 6. The molecule has 0 spiro atoms. The van der Waals surface area contributed by atoms with E-state index < -0.39 is 0 Å². The lowest BCUT2D eigenvalue weighted by atomic mass is 9.94. The van der Waals surface area contributed by atoms with Gasteiger partial charge in [-0.05, 0) is 45.7 Å². The second-order valence-corrected chi connectivity index (χ2v) is 5.16. The molecule has 1 rings (SSSR count). The number of ether oxygens (including phenoxy) is 1. The highest BCUT2D eigenvalue weighted by atomic mass is 35.5. The molecule has 1 unspecified atom stereocenters. The van der Waals surface area contributed by atoms with Crippen LogP contribution >= 0.6 is 11.6 Å². The van der Waals surface area contributed by atoms with E-state index in [0.717, 1.165) is 18.8 Å². The monoisotopic (exact) mass is 233 g/mol. The first kappa shape index (κ1) is 13.3. The minimum atomic E-state index is 0.0880. The molecule has 0 saturated carbocycles. The van der Waals surface area contributed by atoms with Gasteiger partial charge in [-0.3, -0.25) is 0 Å². The Balaban J connectivity index is 2.18. The lowest BCUT2D eigenvalue weighted by molar-refractivity contribution is -0.0508. The molecule has 0 bridgehead atoms. The van der Waals surface area contributed by atoms with E-state index in [0.29, 0.717) is 0 Å². The summed E-state index contributed by atoms with van der Waals surface area (Å²) in [5.74, 6) is 0.801. The van der Waals surface area contributed by atoms with E-state index in [-0.39, 0.29) is 5.60 Å². The zero-order valence-electron chi connectivity index (χ0n) is 10.1. The van der Waals surface area contributed by atoms with Crippen LogP contribution in [0.4, 0.5) is 0 Å². The summed E-state index contributed by atoms with van der Waals surface area (Å²) in [7, 11) is 1.83. The largest absolute Gasteiger partial charge is 0.377 e. The molecule has 0 aromatic rings. The Bertz CT molecular complexity index is 177. The molecule has 1 aliphatic heterocycles. The van der Waals surface area contributed by atoms with Crippen LogP contribution in [0.25, 0.3) is 0 Å². The number of hydrogen-bond donors (Lipinski definition) is 0. The lowest BCUT2D eigenvalue weighted by Crippen LogP contribution is -2.47. The van der Waals surface area contributed by atoms with Crippen molar-refractivity contribution in [2.24, 2.45) is 0 Å². The second-order valence-electron chi connectivity index (χ2n) is 4.78. The predicted molar refractivity (Wildman–Crippen MR) is 65.7 cm³/mol. The molecule has 0 aromatic carbocycles. The van der Waals surface area contributed by atoms with Gasteiger partial charge >= 0.3 is 0 Å². The molecule has 0 aromatic heterocycles. The third kappa shape index (κ3) is 4.71. The van der Waals surface area contributed by atoms with E-state index in [4.69, 9.17) is 16.3 Å². The van der Waals surface area contributed by atoms with E-state index in [1.165, 1.54) is 38.8 Å². The number of nitrogens with zero attached hydrogens (tertiary/aromatic N) is 1. The van der Waals surface area contributed by atoms with Gasteiger partial charge in [-0.2, -0.15) is 0 Å². The normalized spacial score (nSPS) is 28.2. The van der Waals surface area contributed by atoms with Gasteiger partial charge < -0.3 is 9.64 Å². The van der Waals surface area contributed by atoms with E-state index in [1.807, 2.05) is 7.11 Å². The summed E-state index contributed by atoms with van der Waals surface area (Å²) < 4.78 is 5.57. The Kier molecular flexibility index (Phi) is 5.95. The fourth-order valence-corrected chi connectivity index (χ4v) is 2.46. The highest BCUT2D eigenvalue weighted by molar-refractivity contribution is 6.17. The zero-order valence-corrected chi connectivity index (χ0v) is 10.9. The summed E-state index contributed by atoms with van der Waals surface area (Å²) in [4.78, 5) is 2.53. The topological polar surface area (TPSA) is 12.5 Å². The molecule has 15 heavy (non-hydrogen) atoms. The summed E-state index contributed by atoms with van der Waals surface area (Å²) in [6.07, 6.45) is 6.13. The Hall–Kier alpha value is 0.210. The van der Waals surface area contributed by atoms with Gasteiger partial charge in [0.25, 0.3) is 0 Å². The summed E-state index contributed by atoms with van der Waals surface area (Å²) in [5, 5.41) is 0. The van der Waals surface area contributed by atoms with Gasteiger partial charge in [-0.1, -0.05) is 6.42 Å². The predicted octanol–water partition coefficient (Wildman–Crippen LogP) is 2.90. The van der Waals surface area contributed by atoms with Gasteiger partial charge in [0.05, 0.1) is 5.60 Å². The van der Waals surface area contributed by atoms with Crippen LogP contribution < -0.4 is 0 Å². The van der Waals surface area contributed by atoms with Gasteiger partial charge in [0.15, 0.2) is 0 Å².